The van der Waals surface area contributed by atoms with E-state index in [1.165, 1.54) is 56.9 Å². The van der Waals surface area contributed by atoms with Crippen LogP contribution in [-0.4, -0.2) is 36.4 Å². The van der Waals surface area contributed by atoms with E-state index in [-0.39, 0.29) is 12.6 Å². The third-order valence-electron chi connectivity index (χ3n) is 8.14. The Morgan fingerprint density at radius 1 is 0.689 bits per heavy atom. The minimum absolute atomic E-state index is 0.0958. The SMILES string of the molecule is CCCCCCCCCCc1ccc(-c2ccc(-c3ccc(C(=O)OCCCCCCCOC(C)C(F)(F)F)cc3)nc2)cc1. The smallest absolute Gasteiger partial charge is 0.414 e. The summed E-state index contributed by atoms with van der Waals surface area (Å²) in [5, 5.41) is 0. The predicted octanol–water partition coefficient (Wildman–Crippen LogP) is 11.2. The highest BCUT2D eigenvalue weighted by molar-refractivity contribution is 5.90. The molecular formula is C38H50F3NO3. The van der Waals surface area contributed by atoms with Gasteiger partial charge in [0, 0.05) is 23.9 Å². The number of carbonyl (C=O) groups is 1. The molecule has 246 valence electrons. The van der Waals surface area contributed by atoms with Gasteiger partial charge in [-0.05, 0) is 61.9 Å². The molecule has 2 aromatic carbocycles. The van der Waals surface area contributed by atoms with Crippen LogP contribution in [0.15, 0.2) is 66.9 Å². The second-order valence-electron chi connectivity index (χ2n) is 11.9. The van der Waals surface area contributed by atoms with Crippen LogP contribution in [0.4, 0.5) is 13.2 Å². The third kappa shape index (κ3) is 13.8. The molecule has 0 aliphatic rings. The normalized spacial score (nSPS) is 12.3. The number of pyridine rings is 1. The Morgan fingerprint density at radius 2 is 1.24 bits per heavy atom. The number of carbonyl (C=O) groups excluding carboxylic acids is 1. The van der Waals surface area contributed by atoms with E-state index in [4.69, 9.17) is 9.47 Å². The average molecular weight is 626 g/mol. The fraction of sp³-hybridized carbons (Fsp3) is 0.526. The number of unbranched alkanes of at least 4 members (excludes halogenated alkanes) is 11. The zero-order chi connectivity index (χ0) is 32.3. The maximum Gasteiger partial charge on any atom is 0.414 e. The summed E-state index contributed by atoms with van der Waals surface area (Å²) in [6.45, 7) is 3.69. The molecule has 0 amide bonds. The molecule has 3 aromatic rings. The Labute approximate surface area is 267 Å². The summed E-state index contributed by atoms with van der Waals surface area (Å²) in [4.78, 5) is 17.1. The first kappa shape index (κ1) is 36.3. The number of alkyl halides is 3. The van der Waals surface area contributed by atoms with Crippen molar-refractivity contribution in [2.75, 3.05) is 13.2 Å². The molecule has 0 spiro atoms. The zero-order valence-corrected chi connectivity index (χ0v) is 27.0. The summed E-state index contributed by atoms with van der Waals surface area (Å²) in [5.74, 6) is -0.370. The van der Waals surface area contributed by atoms with Gasteiger partial charge in [-0.3, -0.25) is 4.98 Å². The van der Waals surface area contributed by atoms with Crippen LogP contribution in [0.25, 0.3) is 22.4 Å². The highest BCUT2D eigenvalue weighted by Gasteiger charge is 2.36. The lowest BCUT2D eigenvalue weighted by molar-refractivity contribution is -0.214. The van der Waals surface area contributed by atoms with Gasteiger partial charge in [0.1, 0.15) is 0 Å². The number of rotatable bonds is 21. The second-order valence-corrected chi connectivity index (χ2v) is 11.9. The number of nitrogens with zero attached hydrogens (tertiary/aromatic N) is 1. The summed E-state index contributed by atoms with van der Waals surface area (Å²) in [6, 6.07) is 20.1. The molecule has 0 saturated heterocycles. The number of aromatic nitrogens is 1. The van der Waals surface area contributed by atoms with E-state index in [1.54, 1.807) is 12.1 Å². The summed E-state index contributed by atoms with van der Waals surface area (Å²) in [5.41, 5.74) is 5.85. The van der Waals surface area contributed by atoms with E-state index >= 15 is 0 Å². The Bertz CT molecular complexity index is 1230. The largest absolute Gasteiger partial charge is 0.462 e. The highest BCUT2D eigenvalue weighted by Crippen LogP contribution is 2.25. The van der Waals surface area contributed by atoms with Crippen molar-refractivity contribution in [2.45, 2.75) is 116 Å². The molecule has 0 aliphatic carbocycles. The molecule has 0 saturated carbocycles. The molecular weight excluding hydrogens is 575 g/mol. The first-order valence-corrected chi connectivity index (χ1v) is 16.8. The molecule has 3 rings (SSSR count). The van der Waals surface area contributed by atoms with E-state index in [9.17, 15) is 18.0 Å². The highest BCUT2D eigenvalue weighted by atomic mass is 19.4. The van der Waals surface area contributed by atoms with Crippen LogP contribution >= 0.6 is 0 Å². The Kier molecular flexibility index (Phi) is 16.2. The van der Waals surface area contributed by atoms with Gasteiger partial charge in [-0.2, -0.15) is 13.2 Å². The third-order valence-corrected chi connectivity index (χ3v) is 8.14. The van der Waals surface area contributed by atoms with Crippen LogP contribution in [0.2, 0.25) is 0 Å². The molecule has 1 unspecified atom stereocenters. The lowest BCUT2D eigenvalue weighted by atomic mass is 10.0. The van der Waals surface area contributed by atoms with Crippen molar-refractivity contribution in [3.8, 4) is 22.4 Å². The van der Waals surface area contributed by atoms with Gasteiger partial charge in [0.05, 0.1) is 17.9 Å². The predicted molar refractivity (Wildman–Crippen MR) is 176 cm³/mol. The number of esters is 1. The summed E-state index contributed by atoms with van der Waals surface area (Å²) >= 11 is 0. The Morgan fingerprint density at radius 3 is 1.84 bits per heavy atom. The average Bonchev–Trinajstić information content (AvgIpc) is 3.05. The zero-order valence-electron chi connectivity index (χ0n) is 27.0. The molecule has 4 nitrogen and oxygen atoms in total. The monoisotopic (exact) mass is 625 g/mol. The number of aryl methyl sites for hydroxylation is 1. The van der Waals surface area contributed by atoms with E-state index in [0.717, 1.165) is 55.0 Å². The number of hydrogen-bond acceptors (Lipinski definition) is 4. The van der Waals surface area contributed by atoms with Crippen LogP contribution in [-0.2, 0) is 15.9 Å². The number of halogens is 3. The first-order chi connectivity index (χ1) is 21.8. The van der Waals surface area contributed by atoms with Crippen molar-refractivity contribution in [3.63, 3.8) is 0 Å². The number of ether oxygens (including phenoxy) is 2. The van der Waals surface area contributed by atoms with Crippen LogP contribution in [0.5, 0.6) is 0 Å². The van der Waals surface area contributed by atoms with Crippen LogP contribution in [0.1, 0.15) is 113 Å². The lowest BCUT2D eigenvalue weighted by Gasteiger charge is -2.16. The van der Waals surface area contributed by atoms with Crippen molar-refractivity contribution in [2.24, 2.45) is 0 Å². The standard InChI is InChI=1S/C38H50F3NO3/c1-3-4-5-6-7-8-10-13-16-31-17-19-32(20-18-31)35-25-26-36(42-29-35)33-21-23-34(24-22-33)37(43)45-28-15-12-9-11-14-27-44-30(2)38(39,40)41/h17-26,29-30H,3-16,27-28H2,1-2H3. The van der Waals surface area contributed by atoms with E-state index in [1.807, 2.05) is 24.4 Å². The van der Waals surface area contributed by atoms with Gasteiger partial charge >= 0.3 is 12.1 Å². The van der Waals surface area contributed by atoms with Gasteiger partial charge in [-0.15, -0.1) is 0 Å². The lowest BCUT2D eigenvalue weighted by Crippen LogP contribution is -2.28. The van der Waals surface area contributed by atoms with Crippen molar-refractivity contribution in [1.29, 1.82) is 0 Å². The minimum atomic E-state index is -4.31. The van der Waals surface area contributed by atoms with Crippen molar-refractivity contribution >= 4 is 5.97 Å². The number of hydrogen-bond donors (Lipinski definition) is 0. The van der Waals surface area contributed by atoms with Crippen molar-refractivity contribution < 1.29 is 27.4 Å². The first-order valence-electron chi connectivity index (χ1n) is 16.8. The van der Waals surface area contributed by atoms with E-state index in [0.29, 0.717) is 25.0 Å². The number of benzene rings is 2. The van der Waals surface area contributed by atoms with Gasteiger partial charge in [0.2, 0.25) is 0 Å². The fourth-order valence-corrected chi connectivity index (χ4v) is 5.18. The molecule has 0 bridgehead atoms. The molecule has 0 aliphatic heterocycles. The van der Waals surface area contributed by atoms with Crippen LogP contribution in [0, 0.1) is 0 Å². The summed E-state index contributed by atoms with van der Waals surface area (Å²) < 4.78 is 47.4. The maximum absolute atomic E-state index is 12.4. The molecule has 0 radical (unpaired) electrons. The van der Waals surface area contributed by atoms with Gasteiger partial charge in [0.25, 0.3) is 0 Å². The molecule has 1 aromatic heterocycles. The molecule has 1 heterocycles. The Hall–Kier alpha value is -3.19. The molecule has 7 heteroatoms. The van der Waals surface area contributed by atoms with Crippen LogP contribution in [0.3, 0.4) is 0 Å². The molecule has 45 heavy (non-hydrogen) atoms. The Balaban J connectivity index is 1.33. The molecule has 0 fully saturated rings. The molecule has 0 N–H and O–H groups in total. The quantitative estimate of drug-likeness (QED) is 0.0873. The second kappa shape index (κ2) is 20.0. The van der Waals surface area contributed by atoms with E-state index < -0.39 is 12.3 Å². The van der Waals surface area contributed by atoms with Gasteiger partial charge in [-0.1, -0.05) is 114 Å². The fourth-order valence-electron chi connectivity index (χ4n) is 5.18. The minimum Gasteiger partial charge on any atom is -0.462 e. The molecule has 1 atom stereocenters. The topological polar surface area (TPSA) is 48.4 Å². The maximum atomic E-state index is 12.4. The van der Waals surface area contributed by atoms with Gasteiger partial charge < -0.3 is 9.47 Å². The van der Waals surface area contributed by atoms with Gasteiger partial charge in [0.15, 0.2) is 6.10 Å². The van der Waals surface area contributed by atoms with E-state index in [2.05, 4.69) is 42.2 Å². The van der Waals surface area contributed by atoms with Crippen LogP contribution < -0.4 is 0 Å². The summed E-state index contributed by atoms with van der Waals surface area (Å²) in [6.07, 6.45) is 11.4. The van der Waals surface area contributed by atoms with Crippen molar-refractivity contribution in [3.05, 3.63) is 78.0 Å². The van der Waals surface area contributed by atoms with Gasteiger partial charge in [-0.25, -0.2) is 4.79 Å². The van der Waals surface area contributed by atoms with Crippen molar-refractivity contribution in [1.82, 2.24) is 4.98 Å². The summed E-state index contributed by atoms with van der Waals surface area (Å²) in [7, 11) is 0.